The van der Waals surface area contributed by atoms with E-state index < -0.39 is 8.32 Å². The van der Waals surface area contributed by atoms with Crippen LogP contribution >= 0.6 is 17.2 Å². The molecule has 0 bridgehead atoms. The molecule has 0 amide bonds. The predicted octanol–water partition coefficient (Wildman–Crippen LogP) is 4.56. The number of hydrogen-bond acceptors (Lipinski definition) is 1. The standard InChI is InChI=1S/C18H26OP2Si/c1-4-19-22(2,3)15-18(20-16-11-7-5-8-12-16)21-17-13-9-6-10-14-17/h5-14,18,20-21H,4,15H2,1-3H3. The molecule has 4 heteroatoms. The largest absolute Gasteiger partial charge is 0.418 e. The van der Waals surface area contributed by atoms with E-state index in [-0.39, 0.29) is 0 Å². The molecule has 118 valence electrons. The Bertz CT molecular complexity index is 504. The van der Waals surface area contributed by atoms with Crippen LogP contribution in [0.1, 0.15) is 6.92 Å². The molecule has 2 unspecified atom stereocenters. The molecule has 0 fully saturated rings. The van der Waals surface area contributed by atoms with E-state index in [1.54, 1.807) is 0 Å². The van der Waals surface area contributed by atoms with Gasteiger partial charge in [-0.25, -0.2) is 0 Å². The van der Waals surface area contributed by atoms with Gasteiger partial charge in [0.2, 0.25) is 0 Å². The fraction of sp³-hybridized carbons (Fsp3) is 0.333. The summed E-state index contributed by atoms with van der Waals surface area (Å²) in [5, 5.41) is 3.65. The van der Waals surface area contributed by atoms with Crippen LogP contribution in [0.25, 0.3) is 0 Å². The molecule has 1 nitrogen and oxygen atoms in total. The highest BCUT2D eigenvalue weighted by atomic mass is 31.1. The minimum absolute atomic E-state index is 0.706. The third kappa shape index (κ3) is 6.30. The van der Waals surface area contributed by atoms with Crippen molar-refractivity contribution in [2.75, 3.05) is 6.61 Å². The highest BCUT2D eigenvalue weighted by Crippen LogP contribution is 2.39. The molecule has 0 aliphatic rings. The van der Waals surface area contributed by atoms with E-state index in [4.69, 9.17) is 4.43 Å². The van der Waals surface area contributed by atoms with Gasteiger partial charge in [-0.1, -0.05) is 77.8 Å². The van der Waals surface area contributed by atoms with Gasteiger partial charge in [-0.15, -0.1) is 0 Å². The second-order valence-electron chi connectivity index (χ2n) is 5.97. The van der Waals surface area contributed by atoms with Gasteiger partial charge in [0, 0.05) is 12.0 Å². The van der Waals surface area contributed by atoms with Gasteiger partial charge in [-0.2, -0.15) is 0 Å². The van der Waals surface area contributed by atoms with E-state index >= 15 is 0 Å². The van der Waals surface area contributed by atoms with Crippen molar-refractivity contribution >= 4 is 36.1 Å². The summed E-state index contributed by atoms with van der Waals surface area (Å²) in [5.41, 5.74) is 0. The first-order valence-corrected chi connectivity index (χ1v) is 13.1. The smallest absolute Gasteiger partial charge is 0.187 e. The first kappa shape index (κ1) is 17.8. The molecule has 0 radical (unpaired) electrons. The van der Waals surface area contributed by atoms with Crippen molar-refractivity contribution in [2.24, 2.45) is 0 Å². The van der Waals surface area contributed by atoms with Crippen molar-refractivity contribution in [3.63, 3.8) is 0 Å². The average molecular weight is 348 g/mol. The Morgan fingerprint density at radius 3 is 1.73 bits per heavy atom. The first-order chi connectivity index (χ1) is 10.6. The summed E-state index contributed by atoms with van der Waals surface area (Å²) >= 11 is 0. The summed E-state index contributed by atoms with van der Waals surface area (Å²) < 4.78 is 6.08. The van der Waals surface area contributed by atoms with Crippen molar-refractivity contribution < 1.29 is 4.43 Å². The SMILES string of the molecule is CCO[Si](C)(C)CC(Pc1ccccc1)Pc1ccccc1. The van der Waals surface area contributed by atoms with Crippen molar-refractivity contribution in [3.05, 3.63) is 60.7 Å². The zero-order valence-corrected chi connectivity index (χ0v) is 16.7. The molecule has 0 N–H and O–H groups in total. The van der Waals surface area contributed by atoms with Crippen molar-refractivity contribution in [2.45, 2.75) is 31.5 Å². The lowest BCUT2D eigenvalue weighted by Gasteiger charge is -2.28. The molecule has 0 spiro atoms. The van der Waals surface area contributed by atoms with Crippen LogP contribution in [0.4, 0.5) is 0 Å². The molecule has 0 aliphatic heterocycles. The second kappa shape index (κ2) is 8.94. The summed E-state index contributed by atoms with van der Waals surface area (Å²) in [5.74, 6) is 0. The topological polar surface area (TPSA) is 9.23 Å². The Kier molecular flexibility index (Phi) is 7.24. The van der Waals surface area contributed by atoms with Crippen LogP contribution in [0.2, 0.25) is 19.1 Å². The minimum atomic E-state index is -1.56. The molecule has 22 heavy (non-hydrogen) atoms. The van der Waals surface area contributed by atoms with Crippen LogP contribution in [0.15, 0.2) is 60.7 Å². The van der Waals surface area contributed by atoms with E-state index in [2.05, 4.69) is 80.7 Å². The quantitative estimate of drug-likeness (QED) is 0.502. The third-order valence-electron chi connectivity index (χ3n) is 3.46. The molecular formula is C18H26OP2Si. The number of hydrogen-bond donors (Lipinski definition) is 0. The Hall–Kier alpha value is -0.523. The Labute approximate surface area is 139 Å². The highest BCUT2D eigenvalue weighted by molar-refractivity contribution is 7.65. The lowest BCUT2D eigenvalue weighted by molar-refractivity contribution is 0.330. The van der Waals surface area contributed by atoms with Gasteiger partial charge in [0.15, 0.2) is 8.32 Å². The lowest BCUT2D eigenvalue weighted by atomic mass is 10.4. The van der Waals surface area contributed by atoms with Gasteiger partial charge in [0.1, 0.15) is 0 Å². The summed E-state index contributed by atoms with van der Waals surface area (Å²) in [4.78, 5) is 0. The number of benzene rings is 2. The van der Waals surface area contributed by atoms with Crippen molar-refractivity contribution in [1.82, 2.24) is 0 Å². The van der Waals surface area contributed by atoms with E-state index in [9.17, 15) is 0 Å². The molecule has 2 atom stereocenters. The summed E-state index contributed by atoms with van der Waals surface area (Å²) in [6, 6.07) is 23.1. The predicted molar refractivity (Wildman–Crippen MR) is 106 cm³/mol. The zero-order valence-electron chi connectivity index (χ0n) is 13.7. The van der Waals surface area contributed by atoms with Gasteiger partial charge in [0.05, 0.1) is 0 Å². The summed E-state index contributed by atoms with van der Waals surface area (Å²) in [7, 11) is 0.172. The molecule has 2 rings (SSSR count). The van der Waals surface area contributed by atoms with Crippen molar-refractivity contribution in [3.8, 4) is 0 Å². The Balaban J connectivity index is 2.09. The second-order valence-corrected chi connectivity index (χ2v) is 13.9. The fourth-order valence-electron chi connectivity index (χ4n) is 2.55. The monoisotopic (exact) mass is 348 g/mol. The Morgan fingerprint density at radius 2 is 1.32 bits per heavy atom. The Morgan fingerprint density at radius 1 is 0.864 bits per heavy atom. The van der Waals surface area contributed by atoms with Gasteiger partial charge < -0.3 is 4.43 Å². The average Bonchev–Trinajstić information content (AvgIpc) is 2.48. The first-order valence-electron chi connectivity index (χ1n) is 7.86. The van der Waals surface area contributed by atoms with Gasteiger partial charge in [0.25, 0.3) is 0 Å². The minimum Gasteiger partial charge on any atom is -0.418 e. The van der Waals surface area contributed by atoms with E-state index in [1.165, 1.54) is 16.7 Å². The molecule has 0 saturated heterocycles. The summed E-state index contributed by atoms with van der Waals surface area (Å²) in [6.07, 6.45) is 0. The van der Waals surface area contributed by atoms with Crippen molar-refractivity contribution in [1.29, 1.82) is 0 Å². The van der Waals surface area contributed by atoms with Crippen LogP contribution in [-0.2, 0) is 4.43 Å². The molecule has 2 aromatic carbocycles. The van der Waals surface area contributed by atoms with Gasteiger partial charge in [-0.05, 0) is 36.7 Å². The molecule has 0 saturated carbocycles. The van der Waals surface area contributed by atoms with E-state index in [0.29, 0.717) is 5.40 Å². The van der Waals surface area contributed by atoms with E-state index in [1.807, 2.05) is 0 Å². The van der Waals surface area contributed by atoms with Gasteiger partial charge in [-0.3, -0.25) is 0 Å². The zero-order chi connectivity index (χ0) is 15.8. The fourth-order valence-corrected chi connectivity index (χ4v) is 11.1. The maximum absolute atomic E-state index is 6.08. The molecular weight excluding hydrogens is 322 g/mol. The van der Waals surface area contributed by atoms with Crippen LogP contribution in [-0.4, -0.2) is 20.3 Å². The maximum atomic E-state index is 6.08. The lowest BCUT2D eigenvalue weighted by Crippen LogP contribution is -2.33. The molecule has 2 aromatic rings. The van der Waals surface area contributed by atoms with Crippen LogP contribution < -0.4 is 10.6 Å². The number of rotatable bonds is 8. The maximum Gasteiger partial charge on any atom is 0.187 e. The van der Waals surface area contributed by atoms with Crippen LogP contribution in [0.3, 0.4) is 0 Å². The van der Waals surface area contributed by atoms with Crippen LogP contribution in [0, 0.1) is 0 Å². The third-order valence-corrected chi connectivity index (χ3v) is 10.0. The normalized spacial score (nSPS) is 14.1. The van der Waals surface area contributed by atoms with Gasteiger partial charge >= 0.3 is 0 Å². The highest BCUT2D eigenvalue weighted by Gasteiger charge is 2.27. The van der Waals surface area contributed by atoms with Crippen LogP contribution in [0.5, 0.6) is 0 Å². The molecule has 0 aliphatic carbocycles. The molecule has 0 heterocycles. The van der Waals surface area contributed by atoms with E-state index in [0.717, 1.165) is 23.8 Å². The molecule has 0 aromatic heterocycles. The summed E-state index contributed by atoms with van der Waals surface area (Å²) in [6.45, 7) is 7.67.